The van der Waals surface area contributed by atoms with Crippen molar-refractivity contribution in [3.8, 4) is 17.0 Å². The van der Waals surface area contributed by atoms with E-state index in [1.807, 2.05) is 43.5 Å². The van der Waals surface area contributed by atoms with Crippen molar-refractivity contribution in [2.24, 2.45) is 0 Å². The topological polar surface area (TPSA) is 34.6 Å². The Labute approximate surface area is 141 Å². The van der Waals surface area contributed by atoms with Gasteiger partial charge >= 0.3 is 0 Å². The lowest BCUT2D eigenvalue weighted by atomic mass is 10.1. The minimum atomic E-state index is -0.285. The predicted octanol–water partition coefficient (Wildman–Crippen LogP) is 4.52. The van der Waals surface area contributed by atoms with E-state index in [1.165, 1.54) is 0 Å². The van der Waals surface area contributed by atoms with Crippen molar-refractivity contribution >= 4 is 5.69 Å². The van der Waals surface area contributed by atoms with E-state index in [0.717, 1.165) is 33.8 Å². The van der Waals surface area contributed by atoms with E-state index in [-0.39, 0.29) is 6.23 Å². The number of nitrogens with zero attached hydrogens (tertiary/aromatic N) is 2. The molecule has 0 aliphatic carbocycles. The average molecular weight is 318 g/mol. The molecule has 1 atom stereocenters. The molecule has 1 aromatic heterocycles. The molecule has 0 N–H and O–H groups in total. The largest absolute Gasteiger partial charge is 0.462 e. The monoisotopic (exact) mass is 318 g/mol. The molecule has 24 heavy (non-hydrogen) atoms. The van der Waals surface area contributed by atoms with E-state index in [0.29, 0.717) is 0 Å². The van der Waals surface area contributed by atoms with Crippen molar-refractivity contribution in [1.82, 2.24) is 4.98 Å². The molecular weight excluding hydrogens is 300 g/mol. The summed E-state index contributed by atoms with van der Waals surface area (Å²) in [4.78, 5) is 10.0. The highest BCUT2D eigenvalue weighted by Crippen LogP contribution is 2.43. The maximum Gasteiger partial charge on any atom is 0.221 e. The number of para-hydroxylation sites is 2. The fourth-order valence-corrected chi connectivity index (χ4v) is 2.89. The first-order valence-corrected chi connectivity index (χ1v) is 7.88. The van der Waals surface area contributed by atoms with E-state index in [4.69, 9.17) is 9.57 Å². The van der Waals surface area contributed by atoms with E-state index in [9.17, 15) is 0 Å². The molecule has 0 saturated carbocycles. The molecule has 1 aliphatic rings. The van der Waals surface area contributed by atoms with E-state index in [1.54, 1.807) is 12.2 Å². The molecule has 0 radical (unpaired) electrons. The SMILES string of the molecule is CON1c2ccccc2OC1c1ccc(-c2ccc(C)cn2)cc1. The lowest BCUT2D eigenvalue weighted by Crippen LogP contribution is -2.25. The van der Waals surface area contributed by atoms with Gasteiger partial charge in [-0.2, -0.15) is 0 Å². The maximum absolute atomic E-state index is 6.04. The lowest BCUT2D eigenvalue weighted by molar-refractivity contribution is 0.0738. The highest BCUT2D eigenvalue weighted by molar-refractivity contribution is 5.63. The Morgan fingerprint density at radius 3 is 2.50 bits per heavy atom. The van der Waals surface area contributed by atoms with Crippen molar-refractivity contribution in [3.63, 3.8) is 0 Å². The van der Waals surface area contributed by atoms with Gasteiger partial charge in [0.25, 0.3) is 0 Å². The van der Waals surface area contributed by atoms with Gasteiger partial charge in [-0.15, -0.1) is 0 Å². The van der Waals surface area contributed by atoms with Crippen molar-refractivity contribution in [3.05, 3.63) is 78.0 Å². The van der Waals surface area contributed by atoms with Crippen LogP contribution in [0.4, 0.5) is 5.69 Å². The molecule has 4 heteroatoms. The summed E-state index contributed by atoms with van der Waals surface area (Å²) in [6, 6.07) is 20.2. The van der Waals surface area contributed by atoms with E-state index >= 15 is 0 Å². The first-order valence-electron chi connectivity index (χ1n) is 7.88. The normalized spacial score (nSPS) is 15.9. The number of hydrogen-bond acceptors (Lipinski definition) is 4. The molecule has 2 aromatic carbocycles. The number of rotatable bonds is 3. The van der Waals surface area contributed by atoms with Crippen LogP contribution in [-0.4, -0.2) is 12.1 Å². The number of benzene rings is 2. The van der Waals surface area contributed by atoms with Gasteiger partial charge in [-0.25, -0.2) is 5.06 Å². The first-order chi connectivity index (χ1) is 11.8. The van der Waals surface area contributed by atoms with Gasteiger partial charge in [-0.1, -0.05) is 42.5 Å². The fourth-order valence-electron chi connectivity index (χ4n) is 2.89. The zero-order valence-corrected chi connectivity index (χ0v) is 13.6. The molecule has 0 fully saturated rings. The third kappa shape index (κ3) is 2.51. The van der Waals surface area contributed by atoms with Crippen molar-refractivity contribution in [1.29, 1.82) is 0 Å². The third-order valence-corrected chi connectivity index (χ3v) is 4.15. The number of anilines is 1. The molecule has 4 nitrogen and oxygen atoms in total. The summed E-state index contributed by atoms with van der Waals surface area (Å²) >= 11 is 0. The van der Waals surface area contributed by atoms with Crippen LogP contribution in [0.1, 0.15) is 17.4 Å². The van der Waals surface area contributed by atoms with Crippen LogP contribution in [0, 0.1) is 6.92 Å². The Kier molecular flexibility index (Phi) is 3.67. The minimum Gasteiger partial charge on any atom is -0.462 e. The third-order valence-electron chi connectivity index (χ3n) is 4.15. The van der Waals surface area contributed by atoms with Crippen LogP contribution in [-0.2, 0) is 4.84 Å². The maximum atomic E-state index is 6.04. The van der Waals surface area contributed by atoms with Gasteiger partial charge in [0.2, 0.25) is 6.23 Å². The minimum absolute atomic E-state index is 0.285. The molecule has 0 bridgehead atoms. The molecule has 0 saturated heterocycles. The molecule has 4 rings (SSSR count). The number of hydroxylamine groups is 1. The van der Waals surface area contributed by atoms with Gasteiger partial charge in [0.1, 0.15) is 11.4 Å². The summed E-state index contributed by atoms with van der Waals surface area (Å²) in [5, 5.41) is 1.79. The highest BCUT2D eigenvalue weighted by atomic mass is 16.7. The summed E-state index contributed by atoms with van der Waals surface area (Å²) in [5.74, 6) is 0.827. The summed E-state index contributed by atoms with van der Waals surface area (Å²) in [6.45, 7) is 2.04. The molecular formula is C20H18N2O2. The zero-order chi connectivity index (χ0) is 16.5. The number of hydrogen-bond donors (Lipinski definition) is 0. The predicted molar refractivity (Wildman–Crippen MR) is 93.7 cm³/mol. The van der Waals surface area contributed by atoms with Crippen LogP contribution in [0.25, 0.3) is 11.3 Å². The highest BCUT2D eigenvalue weighted by Gasteiger charge is 2.32. The summed E-state index contributed by atoms with van der Waals surface area (Å²) in [5.41, 5.74) is 5.17. The van der Waals surface area contributed by atoms with Crippen LogP contribution in [0.5, 0.6) is 5.75 Å². The van der Waals surface area contributed by atoms with Gasteiger partial charge in [0, 0.05) is 17.3 Å². The lowest BCUT2D eigenvalue weighted by Gasteiger charge is -2.22. The molecule has 0 amide bonds. The van der Waals surface area contributed by atoms with Crippen molar-refractivity contribution < 1.29 is 9.57 Å². The number of aryl methyl sites for hydroxylation is 1. The molecule has 2 heterocycles. The number of fused-ring (bicyclic) bond motifs is 1. The molecule has 120 valence electrons. The Morgan fingerprint density at radius 2 is 1.79 bits per heavy atom. The molecule has 1 aliphatic heterocycles. The zero-order valence-electron chi connectivity index (χ0n) is 13.6. The van der Waals surface area contributed by atoms with Gasteiger partial charge in [-0.05, 0) is 30.7 Å². The average Bonchev–Trinajstić information content (AvgIpc) is 3.01. The smallest absolute Gasteiger partial charge is 0.221 e. The second-order valence-corrected chi connectivity index (χ2v) is 5.79. The fraction of sp³-hybridized carbons (Fsp3) is 0.150. The Balaban J connectivity index is 1.63. The molecule has 3 aromatic rings. The molecule has 1 unspecified atom stereocenters. The summed E-state index contributed by atoms with van der Waals surface area (Å²) < 4.78 is 6.04. The van der Waals surface area contributed by atoms with Gasteiger partial charge in [0.05, 0.1) is 12.8 Å². The van der Waals surface area contributed by atoms with Crippen LogP contribution in [0.2, 0.25) is 0 Å². The quantitative estimate of drug-likeness (QED) is 0.711. The van der Waals surface area contributed by atoms with E-state index in [2.05, 4.69) is 35.3 Å². The molecule has 0 spiro atoms. The van der Waals surface area contributed by atoms with Gasteiger partial charge in [0.15, 0.2) is 0 Å². The second-order valence-electron chi connectivity index (χ2n) is 5.79. The van der Waals surface area contributed by atoms with Crippen molar-refractivity contribution in [2.75, 3.05) is 12.2 Å². The van der Waals surface area contributed by atoms with Crippen LogP contribution < -0.4 is 9.80 Å². The van der Waals surface area contributed by atoms with Crippen LogP contribution in [0.15, 0.2) is 66.9 Å². The Morgan fingerprint density at radius 1 is 1.00 bits per heavy atom. The number of ether oxygens (including phenoxy) is 1. The first kappa shape index (κ1) is 14.7. The number of aromatic nitrogens is 1. The summed E-state index contributed by atoms with van der Waals surface area (Å²) in [6.07, 6.45) is 1.60. The Hall–Kier alpha value is -2.85. The number of pyridine rings is 1. The second kappa shape index (κ2) is 5.98. The van der Waals surface area contributed by atoms with Gasteiger partial charge < -0.3 is 4.74 Å². The van der Waals surface area contributed by atoms with Crippen molar-refractivity contribution in [2.45, 2.75) is 13.2 Å². The summed E-state index contributed by atoms with van der Waals surface area (Å²) in [7, 11) is 1.66. The van der Waals surface area contributed by atoms with Crippen LogP contribution >= 0.6 is 0 Å². The van der Waals surface area contributed by atoms with Gasteiger partial charge in [-0.3, -0.25) is 9.82 Å². The Bertz CT molecular complexity index is 844. The van der Waals surface area contributed by atoms with Crippen LogP contribution in [0.3, 0.4) is 0 Å². The standard InChI is InChI=1S/C20H18N2O2/c1-14-7-12-17(21-13-14)15-8-10-16(11-9-15)20-22(23-2)18-5-3-4-6-19(18)24-20/h3-13,20H,1-2H3. The van der Waals surface area contributed by atoms with E-state index < -0.39 is 0 Å².